The number of pyridine rings is 1. The molecule has 0 aliphatic carbocycles. The van der Waals surface area contributed by atoms with Crippen LogP contribution in [-0.2, 0) is 6.18 Å². The van der Waals surface area contributed by atoms with E-state index in [1.165, 1.54) is 29.3 Å². The quantitative estimate of drug-likeness (QED) is 0.730. The summed E-state index contributed by atoms with van der Waals surface area (Å²) in [7, 11) is 0. The Kier molecular flexibility index (Phi) is 5.36. The molecule has 2 heterocycles. The van der Waals surface area contributed by atoms with Gasteiger partial charge in [-0.25, -0.2) is 4.98 Å². The average molecular weight is 398 g/mol. The second-order valence-corrected chi connectivity index (χ2v) is 6.42. The normalized spacial score (nSPS) is 15.0. The van der Waals surface area contributed by atoms with E-state index >= 15 is 0 Å². The molecule has 0 unspecified atom stereocenters. The number of aromatic nitrogens is 1. The first-order valence-electron chi connectivity index (χ1n) is 8.13. The van der Waals surface area contributed by atoms with E-state index in [9.17, 15) is 22.8 Å². The molecule has 0 saturated carbocycles. The highest BCUT2D eigenvalue weighted by Gasteiger charge is 2.32. The number of carbonyl (C=O) groups excluding carboxylic acids is 2. The zero-order valence-corrected chi connectivity index (χ0v) is 14.8. The average Bonchev–Trinajstić information content (AvgIpc) is 2.66. The van der Waals surface area contributed by atoms with Crippen molar-refractivity contribution in [3.63, 3.8) is 0 Å². The van der Waals surface area contributed by atoms with Gasteiger partial charge in [0.2, 0.25) is 0 Å². The number of benzene rings is 1. The standard InChI is InChI=1S/C18H15ClF3N3O2/c19-15-11-13(4-5-23-15)17(27)25-8-6-24(7-9-25)16(26)12-2-1-3-14(10-12)18(20,21)22/h1-5,10-11H,6-9H2. The Morgan fingerprint density at radius 3 is 2.00 bits per heavy atom. The molecule has 1 aromatic heterocycles. The summed E-state index contributed by atoms with van der Waals surface area (Å²) >= 11 is 5.79. The Morgan fingerprint density at radius 1 is 0.926 bits per heavy atom. The van der Waals surface area contributed by atoms with Crippen LogP contribution in [0.2, 0.25) is 5.15 Å². The summed E-state index contributed by atoms with van der Waals surface area (Å²) in [6.45, 7) is 1.03. The Labute approximate surface area is 158 Å². The fourth-order valence-electron chi connectivity index (χ4n) is 2.84. The minimum atomic E-state index is -4.51. The van der Waals surface area contributed by atoms with Crippen LogP contribution in [0.15, 0.2) is 42.6 Å². The number of alkyl halides is 3. The highest BCUT2D eigenvalue weighted by Crippen LogP contribution is 2.29. The molecule has 142 valence electrons. The predicted octanol–water partition coefficient (Wildman–Crippen LogP) is 3.35. The predicted molar refractivity (Wildman–Crippen MR) is 92.5 cm³/mol. The number of amides is 2. The third-order valence-corrected chi connectivity index (χ3v) is 4.47. The third-order valence-electron chi connectivity index (χ3n) is 4.26. The molecule has 1 aliphatic rings. The van der Waals surface area contributed by atoms with Crippen molar-refractivity contribution in [1.82, 2.24) is 14.8 Å². The maximum absolute atomic E-state index is 12.8. The molecule has 3 rings (SSSR count). The summed E-state index contributed by atoms with van der Waals surface area (Å²) in [5.74, 6) is -0.717. The zero-order valence-electron chi connectivity index (χ0n) is 14.0. The fraction of sp³-hybridized carbons (Fsp3) is 0.278. The van der Waals surface area contributed by atoms with Gasteiger partial charge in [-0.3, -0.25) is 9.59 Å². The molecular formula is C18H15ClF3N3O2. The lowest BCUT2D eigenvalue weighted by Crippen LogP contribution is -2.50. The van der Waals surface area contributed by atoms with Crippen molar-refractivity contribution in [2.45, 2.75) is 6.18 Å². The smallest absolute Gasteiger partial charge is 0.335 e. The lowest BCUT2D eigenvalue weighted by atomic mass is 10.1. The summed E-state index contributed by atoms with van der Waals surface area (Å²) in [6.07, 6.45) is -3.07. The third kappa shape index (κ3) is 4.39. The van der Waals surface area contributed by atoms with Gasteiger partial charge in [-0.2, -0.15) is 13.2 Å². The van der Waals surface area contributed by atoms with Crippen LogP contribution in [-0.4, -0.2) is 52.8 Å². The van der Waals surface area contributed by atoms with Gasteiger partial charge in [0.15, 0.2) is 0 Å². The molecule has 0 spiro atoms. The van der Waals surface area contributed by atoms with Gasteiger partial charge < -0.3 is 9.80 Å². The van der Waals surface area contributed by atoms with Crippen molar-refractivity contribution in [3.05, 3.63) is 64.4 Å². The van der Waals surface area contributed by atoms with Crippen LogP contribution in [0.25, 0.3) is 0 Å². The van der Waals surface area contributed by atoms with Gasteiger partial charge in [-0.15, -0.1) is 0 Å². The summed E-state index contributed by atoms with van der Waals surface area (Å²) in [5.41, 5.74) is -0.491. The molecule has 0 bridgehead atoms. The van der Waals surface area contributed by atoms with Crippen molar-refractivity contribution in [1.29, 1.82) is 0 Å². The first-order chi connectivity index (χ1) is 12.8. The first kappa shape index (κ1) is 19.2. The van der Waals surface area contributed by atoms with Gasteiger partial charge in [-0.1, -0.05) is 17.7 Å². The van der Waals surface area contributed by atoms with E-state index in [0.717, 1.165) is 12.1 Å². The van der Waals surface area contributed by atoms with E-state index in [1.54, 1.807) is 11.0 Å². The Balaban J connectivity index is 1.65. The Morgan fingerprint density at radius 2 is 1.48 bits per heavy atom. The van der Waals surface area contributed by atoms with Crippen LogP contribution in [0.3, 0.4) is 0 Å². The molecule has 27 heavy (non-hydrogen) atoms. The van der Waals surface area contributed by atoms with Crippen LogP contribution in [0.5, 0.6) is 0 Å². The molecular weight excluding hydrogens is 383 g/mol. The molecule has 5 nitrogen and oxygen atoms in total. The number of rotatable bonds is 2. The van der Waals surface area contributed by atoms with Gasteiger partial charge in [-0.05, 0) is 30.3 Å². The van der Waals surface area contributed by atoms with Gasteiger partial charge >= 0.3 is 6.18 Å². The number of nitrogens with zero attached hydrogens (tertiary/aromatic N) is 3. The van der Waals surface area contributed by atoms with Crippen molar-refractivity contribution in [2.24, 2.45) is 0 Å². The molecule has 9 heteroatoms. The Hall–Kier alpha value is -2.61. The van der Waals surface area contributed by atoms with Crippen molar-refractivity contribution >= 4 is 23.4 Å². The topological polar surface area (TPSA) is 53.5 Å². The van der Waals surface area contributed by atoms with E-state index in [2.05, 4.69) is 4.98 Å². The summed E-state index contributed by atoms with van der Waals surface area (Å²) in [4.78, 5) is 31.8. The highest BCUT2D eigenvalue weighted by atomic mass is 35.5. The van der Waals surface area contributed by atoms with Gasteiger partial charge in [0.1, 0.15) is 5.15 Å². The van der Waals surface area contributed by atoms with Crippen LogP contribution in [0.1, 0.15) is 26.3 Å². The molecule has 1 fully saturated rings. The van der Waals surface area contributed by atoms with Crippen LogP contribution < -0.4 is 0 Å². The van der Waals surface area contributed by atoms with Crippen LogP contribution >= 0.6 is 11.6 Å². The minimum Gasteiger partial charge on any atom is -0.335 e. The second kappa shape index (κ2) is 7.56. The largest absolute Gasteiger partial charge is 0.416 e. The van der Waals surface area contributed by atoms with E-state index in [-0.39, 0.29) is 42.8 Å². The molecule has 1 saturated heterocycles. The number of piperazine rings is 1. The molecule has 0 N–H and O–H groups in total. The van der Waals surface area contributed by atoms with Crippen molar-refractivity contribution < 1.29 is 22.8 Å². The van der Waals surface area contributed by atoms with E-state index in [4.69, 9.17) is 11.6 Å². The van der Waals surface area contributed by atoms with Crippen molar-refractivity contribution in [3.8, 4) is 0 Å². The first-order valence-corrected chi connectivity index (χ1v) is 8.51. The summed E-state index contributed by atoms with van der Waals surface area (Å²) in [5, 5.41) is 0.208. The maximum atomic E-state index is 12.8. The van der Waals surface area contributed by atoms with Crippen LogP contribution in [0.4, 0.5) is 13.2 Å². The molecule has 1 aliphatic heterocycles. The van der Waals surface area contributed by atoms with Gasteiger partial charge in [0.25, 0.3) is 11.8 Å². The lowest BCUT2D eigenvalue weighted by Gasteiger charge is -2.35. The van der Waals surface area contributed by atoms with E-state index in [0.29, 0.717) is 5.56 Å². The van der Waals surface area contributed by atoms with Crippen molar-refractivity contribution in [2.75, 3.05) is 26.2 Å². The number of hydrogen-bond acceptors (Lipinski definition) is 3. The SMILES string of the molecule is O=C(c1cccc(C(F)(F)F)c1)N1CCN(C(=O)c2ccnc(Cl)c2)CC1. The summed E-state index contributed by atoms with van der Waals surface area (Å²) in [6, 6.07) is 7.35. The molecule has 1 aromatic carbocycles. The minimum absolute atomic E-state index is 0.0227. The second-order valence-electron chi connectivity index (χ2n) is 6.03. The molecule has 0 radical (unpaired) electrons. The molecule has 0 atom stereocenters. The molecule has 2 amide bonds. The maximum Gasteiger partial charge on any atom is 0.416 e. The van der Waals surface area contributed by atoms with Gasteiger partial charge in [0, 0.05) is 43.5 Å². The fourth-order valence-corrected chi connectivity index (χ4v) is 3.02. The summed E-state index contributed by atoms with van der Waals surface area (Å²) < 4.78 is 38.5. The van der Waals surface area contributed by atoms with E-state index in [1.807, 2.05) is 0 Å². The van der Waals surface area contributed by atoms with Crippen LogP contribution in [0, 0.1) is 0 Å². The monoisotopic (exact) mass is 397 g/mol. The van der Waals surface area contributed by atoms with Gasteiger partial charge in [0.05, 0.1) is 5.56 Å². The number of carbonyl (C=O) groups is 2. The zero-order chi connectivity index (χ0) is 19.6. The molecule has 2 aromatic rings. The number of hydrogen-bond donors (Lipinski definition) is 0. The lowest BCUT2D eigenvalue weighted by molar-refractivity contribution is -0.137. The highest BCUT2D eigenvalue weighted by molar-refractivity contribution is 6.29. The van der Waals surface area contributed by atoms with E-state index < -0.39 is 17.6 Å². The Bertz CT molecular complexity index is 865. The number of halogens is 4.